The Bertz CT molecular complexity index is 1120. The molecule has 182 valence electrons. The molecule has 1 aliphatic carbocycles. The number of benzene rings is 2. The van der Waals surface area contributed by atoms with Gasteiger partial charge in [0.05, 0.1) is 17.7 Å². The number of aromatic nitrogens is 1. The van der Waals surface area contributed by atoms with Crippen LogP contribution in [0.3, 0.4) is 0 Å². The van der Waals surface area contributed by atoms with Gasteiger partial charge in [-0.05, 0) is 66.8 Å². The first-order valence-corrected chi connectivity index (χ1v) is 13.8. The van der Waals surface area contributed by atoms with Crippen molar-refractivity contribution in [2.75, 3.05) is 23.7 Å². The first-order chi connectivity index (χ1) is 16.4. The molecule has 1 aromatic heterocycles. The summed E-state index contributed by atoms with van der Waals surface area (Å²) in [5.74, 6) is 2.15. The van der Waals surface area contributed by atoms with Crippen molar-refractivity contribution in [3.05, 3.63) is 48.2 Å². The molecule has 3 aromatic rings. The molecule has 8 heteroatoms. The summed E-state index contributed by atoms with van der Waals surface area (Å²) in [5.41, 5.74) is 2.56. The standard InChI is InChI=1S/C26H33N3O3S2/c1-17(19-7-5-4-6-8-19)16-27-26-28-18(2)25(33-26)20-9-14-23(32-3)24(15-20)34(31)29-21-10-12-22(30)13-11-21/h9-15,17,19,29-30H,4-8,16H2,1-3H3,(H,27,28). The van der Waals surface area contributed by atoms with Crippen molar-refractivity contribution in [3.63, 3.8) is 0 Å². The minimum atomic E-state index is -1.54. The molecule has 2 atom stereocenters. The van der Waals surface area contributed by atoms with E-state index in [9.17, 15) is 9.32 Å². The van der Waals surface area contributed by atoms with E-state index in [4.69, 9.17) is 9.72 Å². The molecule has 1 heterocycles. The third-order valence-electron chi connectivity index (χ3n) is 6.53. The summed E-state index contributed by atoms with van der Waals surface area (Å²) in [6.07, 6.45) is 6.78. The van der Waals surface area contributed by atoms with Crippen molar-refractivity contribution >= 4 is 33.1 Å². The van der Waals surface area contributed by atoms with Crippen LogP contribution in [-0.4, -0.2) is 28.0 Å². The van der Waals surface area contributed by atoms with Gasteiger partial charge in [0.25, 0.3) is 0 Å². The van der Waals surface area contributed by atoms with Crippen LogP contribution in [0, 0.1) is 18.8 Å². The van der Waals surface area contributed by atoms with Gasteiger partial charge in [0.1, 0.15) is 16.4 Å². The Morgan fingerprint density at radius 3 is 2.62 bits per heavy atom. The molecule has 3 N–H and O–H groups in total. The van der Waals surface area contributed by atoms with Crippen molar-refractivity contribution in [1.82, 2.24) is 4.98 Å². The molecular weight excluding hydrogens is 466 g/mol. The normalized spacial score (nSPS) is 16.1. The van der Waals surface area contributed by atoms with Crippen LogP contribution in [0.2, 0.25) is 0 Å². The molecule has 2 aromatic carbocycles. The quantitative estimate of drug-likeness (QED) is 0.289. The largest absolute Gasteiger partial charge is 0.508 e. The number of thiazole rings is 1. The second kappa shape index (κ2) is 11.2. The van der Waals surface area contributed by atoms with Gasteiger partial charge in [-0.3, -0.25) is 0 Å². The van der Waals surface area contributed by atoms with Gasteiger partial charge in [-0.25, -0.2) is 9.19 Å². The molecule has 34 heavy (non-hydrogen) atoms. The molecule has 2 unspecified atom stereocenters. The third kappa shape index (κ3) is 5.91. The Morgan fingerprint density at radius 2 is 1.91 bits per heavy atom. The molecule has 1 aliphatic rings. The lowest BCUT2D eigenvalue weighted by Crippen LogP contribution is -2.22. The Labute approximate surface area is 208 Å². The molecule has 1 fully saturated rings. The van der Waals surface area contributed by atoms with Gasteiger partial charge in [0.2, 0.25) is 0 Å². The van der Waals surface area contributed by atoms with Gasteiger partial charge in [-0.2, -0.15) is 0 Å². The zero-order chi connectivity index (χ0) is 24.1. The van der Waals surface area contributed by atoms with Crippen LogP contribution < -0.4 is 14.8 Å². The van der Waals surface area contributed by atoms with Crippen LogP contribution in [0.25, 0.3) is 10.4 Å². The summed E-state index contributed by atoms with van der Waals surface area (Å²) in [7, 11) is 0.0362. The molecular formula is C26H33N3O3S2. The average Bonchev–Trinajstić information content (AvgIpc) is 3.24. The fourth-order valence-electron chi connectivity index (χ4n) is 4.51. The number of hydrogen-bond donors (Lipinski definition) is 3. The minimum absolute atomic E-state index is 0.161. The number of phenolic OH excluding ortho intramolecular Hbond substituents is 1. The molecule has 0 bridgehead atoms. The maximum Gasteiger partial charge on any atom is 0.183 e. The predicted octanol–water partition coefficient (Wildman–Crippen LogP) is 6.60. The highest BCUT2D eigenvalue weighted by molar-refractivity contribution is 7.86. The minimum Gasteiger partial charge on any atom is -0.508 e. The maximum absolute atomic E-state index is 13.1. The first kappa shape index (κ1) is 24.5. The smallest absolute Gasteiger partial charge is 0.183 e. The number of methoxy groups -OCH3 is 1. The van der Waals surface area contributed by atoms with E-state index in [0.29, 0.717) is 22.3 Å². The monoisotopic (exact) mass is 499 g/mol. The van der Waals surface area contributed by atoms with Crippen molar-refractivity contribution in [2.45, 2.75) is 50.8 Å². The molecule has 0 radical (unpaired) electrons. The SMILES string of the molecule is COc1ccc(-c2sc(NCC(C)C3CCCCC3)nc2C)cc1S(=O)Nc1ccc(O)cc1. The summed E-state index contributed by atoms with van der Waals surface area (Å²) in [6, 6.07) is 12.2. The Hall–Kier alpha value is -2.58. The van der Waals surface area contributed by atoms with E-state index in [1.165, 1.54) is 32.1 Å². The Balaban J connectivity index is 1.49. The molecule has 6 nitrogen and oxygen atoms in total. The summed E-state index contributed by atoms with van der Waals surface area (Å²) in [4.78, 5) is 6.37. The highest BCUT2D eigenvalue weighted by Gasteiger charge is 2.21. The van der Waals surface area contributed by atoms with Gasteiger partial charge >= 0.3 is 0 Å². The van der Waals surface area contributed by atoms with Crippen molar-refractivity contribution in [3.8, 4) is 21.9 Å². The molecule has 0 amide bonds. The van der Waals surface area contributed by atoms with Gasteiger partial charge in [0.15, 0.2) is 16.1 Å². The van der Waals surface area contributed by atoms with Gasteiger partial charge in [0, 0.05) is 12.2 Å². The van der Waals surface area contributed by atoms with Crippen LogP contribution in [0.5, 0.6) is 11.5 Å². The summed E-state index contributed by atoms with van der Waals surface area (Å²) >= 11 is 1.63. The summed E-state index contributed by atoms with van der Waals surface area (Å²) in [5, 5.41) is 14.0. The lowest BCUT2D eigenvalue weighted by atomic mass is 9.81. The average molecular weight is 500 g/mol. The zero-order valence-corrected chi connectivity index (χ0v) is 21.6. The van der Waals surface area contributed by atoms with Gasteiger partial charge in [-0.1, -0.05) is 50.4 Å². The maximum atomic E-state index is 13.1. The first-order valence-electron chi connectivity index (χ1n) is 11.8. The highest BCUT2D eigenvalue weighted by Crippen LogP contribution is 2.37. The van der Waals surface area contributed by atoms with E-state index in [-0.39, 0.29) is 5.75 Å². The number of hydrogen-bond acceptors (Lipinski definition) is 6. The van der Waals surface area contributed by atoms with Crippen molar-refractivity contribution < 1.29 is 14.1 Å². The summed E-state index contributed by atoms with van der Waals surface area (Å²) in [6.45, 7) is 5.29. The van der Waals surface area contributed by atoms with Crippen LogP contribution in [0.15, 0.2) is 47.4 Å². The second-order valence-electron chi connectivity index (χ2n) is 8.97. The van der Waals surface area contributed by atoms with E-state index >= 15 is 0 Å². The lowest BCUT2D eigenvalue weighted by Gasteiger charge is -2.27. The van der Waals surface area contributed by atoms with Gasteiger partial charge < -0.3 is 19.9 Å². The van der Waals surface area contributed by atoms with Gasteiger partial charge in [-0.15, -0.1) is 0 Å². The van der Waals surface area contributed by atoms with Crippen LogP contribution in [0.4, 0.5) is 10.8 Å². The van der Waals surface area contributed by atoms with Crippen molar-refractivity contribution in [1.29, 1.82) is 0 Å². The van der Waals surface area contributed by atoms with E-state index in [1.54, 1.807) is 42.7 Å². The Morgan fingerprint density at radius 1 is 1.18 bits per heavy atom. The van der Waals surface area contributed by atoms with Crippen molar-refractivity contribution in [2.24, 2.45) is 11.8 Å². The molecule has 0 spiro atoms. The van der Waals surface area contributed by atoms with E-state index in [1.807, 2.05) is 25.1 Å². The lowest BCUT2D eigenvalue weighted by molar-refractivity contribution is 0.273. The van der Waals surface area contributed by atoms with E-state index in [2.05, 4.69) is 17.0 Å². The van der Waals surface area contributed by atoms with Crippen LogP contribution >= 0.6 is 11.3 Å². The number of ether oxygens (including phenoxy) is 1. The topological polar surface area (TPSA) is 83.5 Å². The number of aryl methyl sites for hydroxylation is 1. The Kier molecular flexibility index (Phi) is 8.11. The molecule has 1 saturated carbocycles. The summed E-state index contributed by atoms with van der Waals surface area (Å²) < 4.78 is 21.6. The number of phenols is 1. The zero-order valence-electron chi connectivity index (χ0n) is 20.0. The predicted molar refractivity (Wildman–Crippen MR) is 141 cm³/mol. The number of aromatic hydroxyl groups is 1. The van der Waals surface area contributed by atoms with Crippen LogP contribution in [0.1, 0.15) is 44.7 Å². The fourth-order valence-corrected chi connectivity index (χ4v) is 6.51. The third-order valence-corrected chi connectivity index (χ3v) is 8.83. The van der Waals surface area contributed by atoms with E-state index < -0.39 is 11.0 Å². The molecule has 4 rings (SSSR count). The number of nitrogens with one attached hydrogen (secondary N) is 2. The number of rotatable bonds is 9. The van der Waals surface area contributed by atoms with Crippen LogP contribution in [-0.2, 0) is 11.0 Å². The molecule has 0 aliphatic heterocycles. The van der Waals surface area contributed by atoms with E-state index in [0.717, 1.165) is 33.7 Å². The number of nitrogens with zero attached hydrogens (tertiary/aromatic N) is 1. The highest BCUT2D eigenvalue weighted by atomic mass is 32.2. The second-order valence-corrected chi connectivity index (χ2v) is 11.2. The molecule has 0 saturated heterocycles. The fraction of sp³-hybridized carbons (Fsp3) is 0.423. The number of anilines is 2.